The molecule has 0 bridgehead atoms. The van der Waals surface area contributed by atoms with Gasteiger partial charge >= 0.3 is 0 Å². The summed E-state index contributed by atoms with van der Waals surface area (Å²) < 4.78 is 0.726. The number of anilines is 2. The molecule has 15 heteroatoms. The number of aromatic amines is 3. The van der Waals surface area contributed by atoms with Gasteiger partial charge in [0.05, 0.1) is 0 Å². The van der Waals surface area contributed by atoms with Crippen LogP contribution in [-0.4, -0.2) is 56.3 Å². The lowest BCUT2D eigenvalue weighted by Gasteiger charge is -1.99. The molecule has 0 saturated carbocycles. The number of hydrogen-bond donors (Lipinski definition) is 6. The summed E-state index contributed by atoms with van der Waals surface area (Å²) in [5, 5.41) is 10.8. The second-order valence-electron chi connectivity index (χ2n) is 5.22. The molecule has 0 spiro atoms. The molecule has 0 fully saturated rings. The summed E-state index contributed by atoms with van der Waals surface area (Å²) in [6.07, 6.45) is 0. The standard InChI is InChI=1S/C12H12N10O3S2/c13-9-17-5-3(7(23)20-9)15-11(18-5)26-1-2-27-12-16-4-6(22(12)25)19-10(14)21-8(4)24/h25H,1-2H2,(H3,14,19,21,24)(H4,13,15,17,18,20,23). The van der Waals surface area contributed by atoms with Crippen LogP contribution in [-0.2, 0) is 0 Å². The number of H-pyrrole nitrogens is 3. The van der Waals surface area contributed by atoms with Gasteiger partial charge in [0, 0.05) is 11.5 Å². The van der Waals surface area contributed by atoms with Gasteiger partial charge in [-0.2, -0.15) is 9.97 Å². The lowest BCUT2D eigenvalue weighted by Crippen LogP contribution is -2.11. The van der Waals surface area contributed by atoms with Crippen LogP contribution in [0.25, 0.3) is 22.3 Å². The highest BCUT2D eigenvalue weighted by Crippen LogP contribution is 2.23. The number of aromatic nitrogens is 8. The second kappa shape index (κ2) is 6.51. The lowest BCUT2D eigenvalue weighted by molar-refractivity contribution is 0.170. The van der Waals surface area contributed by atoms with Crippen molar-refractivity contribution < 1.29 is 5.21 Å². The number of nitrogens with two attached hydrogens (primary N) is 2. The number of nitrogen functional groups attached to an aromatic ring is 2. The van der Waals surface area contributed by atoms with E-state index >= 15 is 0 Å². The lowest BCUT2D eigenvalue weighted by atomic mass is 10.5. The maximum atomic E-state index is 11.8. The molecule has 140 valence electrons. The van der Waals surface area contributed by atoms with E-state index in [0.717, 1.165) is 4.73 Å². The predicted octanol–water partition coefficient (Wildman–Crippen LogP) is -0.635. The summed E-state index contributed by atoms with van der Waals surface area (Å²) in [5.41, 5.74) is 10.5. The van der Waals surface area contributed by atoms with Gasteiger partial charge in [0.15, 0.2) is 21.8 Å². The summed E-state index contributed by atoms with van der Waals surface area (Å²) >= 11 is 2.58. The zero-order valence-electron chi connectivity index (χ0n) is 13.4. The van der Waals surface area contributed by atoms with Crippen LogP contribution < -0.4 is 22.6 Å². The first-order valence-electron chi connectivity index (χ1n) is 7.41. The maximum absolute atomic E-state index is 11.8. The van der Waals surface area contributed by atoms with E-state index in [4.69, 9.17) is 11.5 Å². The first-order valence-corrected chi connectivity index (χ1v) is 9.38. The van der Waals surface area contributed by atoms with Gasteiger partial charge in [-0.1, -0.05) is 23.5 Å². The van der Waals surface area contributed by atoms with Crippen molar-refractivity contribution in [1.29, 1.82) is 0 Å². The minimum absolute atomic E-state index is 0.00188. The van der Waals surface area contributed by atoms with Crippen LogP contribution >= 0.6 is 23.5 Å². The second-order valence-corrected chi connectivity index (χ2v) is 7.36. The molecule has 4 heterocycles. The molecule has 4 rings (SSSR count). The van der Waals surface area contributed by atoms with Crippen LogP contribution in [0.5, 0.6) is 0 Å². The van der Waals surface area contributed by atoms with E-state index < -0.39 is 11.1 Å². The Morgan fingerprint density at radius 1 is 0.926 bits per heavy atom. The summed E-state index contributed by atoms with van der Waals surface area (Å²) in [6, 6.07) is 0. The molecule has 4 aromatic heterocycles. The third-order valence-corrected chi connectivity index (χ3v) is 5.46. The molecule has 0 aliphatic heterocycles. The van der Waals surface area contributed by atoms with E-state index in [1.165, 1.54) is 23.5 Å². The van der Waals surface area contributed by atoms with Crippen molar-refractivity contribution in [2.75, 3.05) is 23.0 Å². The Hall–Kier alpha value is -3.20. The summed E-state index contributed by atoms with van der Waals surface area (Å²) in [7, 11) is 0. The Balaban J connectivity index is 1.45. The highest BCUT2D eigenvalue weighted by atomic mass is 32.2. The van der Waals surface area contributed by atoms with Crippen LogP contribution in [0.15, 0.2) is 19.9 Å². The molecule has 0 amide bonds. The zero-order chi connectivity index (χ0) is 19.1. The highest BCUT2D eigenvalue weighted by Gasteiger charge is 2.16. The smallest absolute Gasteiger partial charge is 0.280 e. The van der Waals surface area contributed by atoms with Crippen LogP contribution in [0, 0.1) is 0 Å². The fraction of sp³-hybridized carbons (Fsp3) is 0.167. The van der Waals surface area contributed by atoms with Crippen molar-refractivity contribution >= 4 is 57.7 Å². The van der Waals surface area contributed by atoms with Gasteiger partial charge in [-0.05, 0) is 0 Å². The van der Waals surface area contributed by atoms with E-state index in [2.05, 4.69) is 34.9 Å². The van der Waals surface area contributed by atoms with Crippen molar-refractivity contribution in [3.63, 3.8) is 0 Å². The first kappa shape index (κ1) is 17.2. The number of fused-ring (bicyclic) bond motifs is 2. The van der Waals surface area contributed by atoms with Gasteiger partial charge in [-0.25, -0.2) is 9.97 Å². The molecule has 0 saturated heterocycles. The molecule has 27 heavy (non-hydrogen) atoms. The maximum Gasteiger partial charge on any atom is 0.280 e. The zero-order valence-corrected chi connectivity index (χ0v) is 15.0. The minimum atomic E-state index is -0.527. The molecule has 0 aromatic carbocycles. The topological polar surface area (TPSA) is 210 Å². The van der Waals surface area contributed by atoms with Gasteiger partial charge in [0.2, 0.25) is 22.7 Å². The molecule has 0 atom stereocenters. The van der Waals surface area contributed by atoms with Gasteiger partial charge in [-0.15, -0.1) is 4.73 Å². The molecular weight excluding hydrogens is 396 g/mol. The third kappa shape index (κ3) is 3.17. The van der Waals surface area contributed by atoms with Crippen molar-refractivity contribution in [3.8, 4) is 0 Å². The van der Waals surface area contributed by atoms with Crippen LogP contribution in [0.1, 0.15) is 0 Å². The number of hydrogen-bond acceptors (Lipinski definition) is 11. The van der Waals surface area contributed by atoms with Crippen molar-refractivity contribution in [1.82, 2.24) is 39.6 Å². The fourth-order valence-electron chi connectivity index (χ4n) is 2.29. The number of nitrogens with one attached hydrogen (secondary N) is 3. The van der Waals surface area contributed by atoms with E-state index in [-0.39, 0.29) is 39.4 Å². The Bertz CT molecular complexity index is 1270. The Labute approximate surface area is 157 Å². The molecule has 0 aliphatic carbocycles. The van der Waals surface area contributed by atoms with E-state index in [0.29, 0.717) is 16.7 Å². The molecular formula is C12H12N10O3S2. The Morgan fingerprint density at radius 3 is 2.44 bits per heavy atom. The van der Waals surface area contributed by atoms with Crippen LogP contribution in [0.3, 0.4) is 0 Å². The average molecular weight is 408 g/mol. The van der Waals surface area contributed by atoms with Crippen LogP contribution in [0.4, 0.5) is 11.9 Å². The Kier molecular flexibility index (Phi) is 4.15. The predicted molar refractivity (Wildman–Crippen MR) is 100 cm³/mol. The van der Waals surface area contributed by atoms with E-state index in [1.807, 2.05) is 0 Å². The number of rotatable bonds is 5. The molecule has 0 aliphatic rings. The third-order valence-electron chi connectivity index (χ3n) is 3.40. The minimum Gasteiger partial charge on any atom is -0.424 e. The monoisotopic (exact) mass is 408 g/mol. The first-order chi connectivity index (χ1) is 12.9. The molecule has 8 N–H and O–H groups in total. The van der Waals surface area contributed by atoms with Crippen molar-refractivity contribution in [2.24, 2.45) is 0 Å². The van der Waals surface area contributed by atoms with Gasteiger partial charge in [0.1, 0.15) is 0 Å². The number of imidazole rings is 2. The quantitative estimate of drug-likeness (QED) is 0.139. The molecule has 0 unspecified atom stereocenters. The van der Waals surface area contributed by atoms with Crippen molar-refractivity contribution in [2.45, 2.75) is 10.3 Å². The van der Waals surface area contributed by atoms with Gasteiger partial charge in [0.25, 0.3) is 11.1 Å². The average Bonchev–Trinajstić information content (AvgIpc) is 3.14. The number of nitrogens with zero attached hydrogens (tertiary/aromatic N) is 5. The normalized spacial score (nSPS) is 11.6. The SMILES string of the molecule is Nc1nc2c(nc(SCCSc3nc4nc(N)[nH]c(=O)c4[nH]3)n2O)c(=O)[nH]1. The highest BCUT2D eigenvalue weighted by molar-refractivity contribution is 8.02. The van der Waals surface area contributed by atoms with Gasteiger partial charge in [-0.3, -0.25) is 19.6 Å². The molecule has 0 radical (unpaired) electrons. The van der Waals surface area contributed by atoms with Crippen LogP contribution in [0.2, 0.25) is 0 Å². The van der Waals surface area contributed by atoms with E-state index in [1.54, 1.807) is 0 Å². The summed E-state index contributed by atoms with van der Waals surface area (Å²) in [4.78, 5) is 47.2. The largest absolute Gasteiger partial charge is 0.424 e. The van der Waals surface area contributed by atoms with E-state index in [9.17, 15) is 14.8 Å². The summed E-state index contributed by atoms with van der Waals surface area (Å²) in [6.45, 7) is 0. The Morgan fingerprint density at radius 2 is 1.63 bits per heavy atom. The van der Waals surface area contributed by atoms with Gasteiger partial charge < -0.3 is 21.7 Å². The molecule has 4 aromatic rings. The molecule has 13 nitrogen and oxygen atoms in total. The summed E-state index contributed by atoms with van der Waals surface area (Å²) in [5.74, 6) is 0.999. The van der Waals surface area contributed by atoms with Crippen molar-refractivity contribution in [3.05, 3.63) is 20.7 Å². The fourth-order valence-corrected chi connectivity index (χ4v) is 4.02. The number of thioether (sulfide) groups is 2.